The quantitative estimate of drug-likeness (QED) is 0.413. The molecule has 0 unspecified atom stereocenters. The summed E-state index contributed by atoms with van der Waals surface area (Å²) in [4.78, 5) is 10.9. The molecule has 0 saturated heterocycles. The number of rotatable bonds is 5. The van der Waals surface area contributed by atoms with E-state index >= 15 is 0 Å². The van der Waals surface area contributed by atoms with Gasteiger partial charge >= 0.3 is 5.97 Å². The summed E-state index contributed by atoms with van der Waals surface area (Å²) in [5.74, 6) is 0.307. The van der Waals surface area contributed by atoms with E-state index in [1.54, 1.807) is 24.7 Å². The summed E-state index contributed by atoms with van der Waals surface area (Å²) in [6.07, 6.45) is 3.12. The molecule has 0 fully saturated rings. The van der Waals surface area contributed by atoms with Gasteiger partial charge in [0, 0.05) is 18.9 Å². The molecule has 6 nitrogen and oxygen atoms in total. The summed E-state index contributed by atoms with van der Waals surface area (Å²) in [5, 5.41) is 11.7. The highest BCUT2D eigenvalue weighted by Crippen LogP contribution is 2.11. The fourth-order valence-corrected chi connectivity index (χ4v) is 1.46. The largest absolute Gasteiger partial charge is 0.463 e. The molecule has 1 rings (SSSR count). The zero-order valence-corrected chi connectivity index (χ0v) is 9.40. The molecule has 0 radical (unpaired) electrons. The molecule has 1 aromatic rings. The third-order valence-corrected chi connectivity index (χ3v) is 2.39. The number of hydrogen-bond acceptors (Lipinski definition) is 6. The molecule has 82 valence electrons. The van der Waals surface area contributed by atoms with Crippen LogP contribution in [0.3, 0.4) is 0 Å². The van der Waals surface area contributed by atoms with Crippen LogP contribution in [-0.4, -0.2) is 38.5 Å². The molecule has 7 heteroatoms. The molecule has 0 aliphatic heterocycles. The molecule has 0 aliphatic rings. The predicted molar refractivity (Wildman–Crippen MR) is 55.3 cm³/mol. The minimum atomic E-state index is -0.325. The van der Waals surface area contributed by atoms with E-state index in [2.05, 4.69) is 15.5 Å². The number of tetrazole rings is 1. The number of aromatic nitrogens is 4. The SMILES string of the molecule is CCOC(=O)/C=C/CSc1nnnn1C. The summed E-state index contributed by atoms with van der Waals surface area (Å²) in [5.41, 5.74) is 0. The first kappa shape index (κ1) is 11.7. The fourth-order valence-electron chi connectivity index (χ4n) is 0.801. The van der Waals surface area contributed by atoms with Crippen LogP contribution < -0.4 is 0 Å². The molecule has 0 aliphatic carbocycles. The van der Waals surface area contributed by atoms with Crippen molar-refractivity contribution in [1.82, 2.24) is 20.2 Å². The molecule has 0 bridgehead atoms. The minimum absolute atomic E-state index is 0.325. The van der Waals surface area contributed by atoms with Gasteiger partial charge in [-0.25, -0.2) is 9.48 Å². The van der Waals surface area contributed by atoms with Crippen molar-refractivity contribution in [2.45, 2.75) is 12.1 Å². The second kappa shape index (κ2) is 6.18. The fraction of sp³-hybridized carbons (Fsp3) is 0.500. The van der Waals surface area contributed by atoms with Crippen LogP contribution in [0, 0.1) is 0 Å². The van der Waals surface area contributed by atoms with Gasteiger partial charge in [0.1, 0.15) is 0 Å². The minimum Gasteiger partial charge on any atom is -0.463 e. The van der Waals surface area contributed by atoms with Crippen LogP contribution in [0.5, 0.6) is 0 Å². The lowest BCUT2D eigenvalue weighted by Gasteiger charge is -1.95. The Bertz CT molecular complexity index is 350. The summed E-state index contributed by atoms with van der Waals surface area (Å²) < 4.78 is 6.29. The molecule has 0 saturated carbocycles. The number of carbonyl (C=O) groups excluding carboxylic acids is 1. The van der Waals surface area contributed by atoms with E-state index in [-0.39, 0.29) is 5.97 Å². The molecule has 15 heavy (non-hydrogen) atoms. The third kappa shape index (κ3) is 4.11. The van der Waals surface area contributed by atoms with Gasteiger partial charge in [0.05, 0.1) is 6.61 Å². The van der Waals surface area contributed by atoms with Gasteiger partial charge in [0.25, 0.3) is 0 Å². The van der Waals surface area contributed by atoms with Crippen LogP contribution in [-0.2, 0) is 16.6 Å². The third-order valence-electron chi connectivity index (χ3n) is 1.43. The van der Waals surface area contributed by atoms with Crippen LogP contribution in [0.4, 0.5) is 0 Å². The second-order valence-corrected chi connectivity index (χ2v) is 3.54. The van der Waals surface area contributed by atoms with Crippen molar-refractivity contribution in [3.8, 4) is 0 Å². The molecular formula is C8H12N4O2S. The van der Waals surface area contributed by atoms with Crippen LogP contribution in [0.25, 0.3) is 0 Å². The van der Waals surface area contributed by atoms with Gasteiger partial charge in [-0.3, -0.25) is 0 Å². The first-order valence-corrected chi connectivity index (χ1v) is 5.41. The lowest BCUT2D eigenvalue weighted by molar-refractivity contribution is -0.137. The van der Waals surface area contributed by atoms with E-state index in [0.29, 0.717) is 17.5 Å². The van der Waals surface area contributed by atoms with Gasteiger partial charge < -0.3 is 4.74 Å². The Morgan fingerprint density at radius 2 is 2.47 bits per heavy atom. The van der Waals surface area contributed by atoms with E-state index in [4.69, 9.17) is 4.74 Å². The molecule has 1 aromatic heterocycles. The Labute approximate surface area is 91.7 Å². The summed E-state index contributed by atoms with van der Waals surface area (Å²) in [6, 6.07) is 0. The highest BCUT2D eigenvalue weighted by atomic mass is 32.2. The van der Waals surface area contributed by atoms with Crippen molar-refractivity contribution >= 4 is 17.7 Å². The lowest BCUT2D eigenvalue weighted by atomic mass is 10.5. The van der Waals surface area contributed by atoms with Crippen molar-refractivity contribution in [3.63, 3.8) is 0 Å². The number of aryl methyl sites for hydroxylation is 1. The predicted octanol–water partition coefficient (Wildman–Crippen LogP) is 0.421. The molecule has 0 N–H and O–H groups in total. The van der Waals surface area contributed by atoms with Crippen molar-refractivity contribution < 1.29 is 9.53 Å². The maximum absolute atomic E-state index is 10.9. The number of esters is 1. The van der Waals surface area contributed by atoms with Gasteiger partial charge in [-0.05, 0) is 17.4 Å². The van der Waals surface area contributed by atoms with E-state index in [0.717, 1.165) is 0 Å². The molecule has 0 atom stereocenters. The zero-order valence-electron chi connectivity index (χ0n) is 8.58. The van der Waals surface area contributed by atoms with Gasteiger partial charge in [0.2, 0.25) is 5.16 Å². The lowest BCUT2D eigenvalue weighted by Crippen LogP contribution is -1.99. The van der Waals surface area contributed by atoms with Gasteiger partial charge in [-0.2, -0.15) is 0 Å². The van der Waals surface area contributed by atoms with Crippen molar-refractivity contribution in [1.29, 1.82) is 0 Å². The average Bonchev–Trinajstić information content (AvgIpc) is 2.60. The Kier molecular flexibility index (Phi) is 4.82. The van der Waals surface area contributed by atoms with E-state index < -0.39 is 0 Å². The van der Waals surface area contributed by atoms with Crippen LogP contribution in [0.2, 0.25) is 0 Å². The number of carbonyl (C=O) groups is 1. The standard InChI is InChI=1S/C8H12N4O2S/c1-3-14-7(13)5-4-6-15-8-9-10-11-12(8)2/h4-5H,3,6H2,1-2H3/b5-4+. The number of nitrogens with zero attached hydrogens (tertiary/aromatic N) is 4. The molecule has 0 aromatic carbocycles. The summed E-state index contributed by atoms with van der Waals surface area (Å²) in [6.45, 7) is 2.16. The number of ether oxygens (including phenoxy) is 1. The number of hydrogen-bond donors (Lipinski definition) is 0. The molecular weight excluding hydrogens is 216 g/mol. The van der Waals surface area contributed by atoms with Crippen LogP contribution >= 0.6 is 11.8 Å². The smallest absolute Gasteiger partial charge is 0.330 e. The normalized spacial score (nSPS) is 10.8. The highest BCUT2D eigenvalue weighted by Gasteiger charge is 2.00. The monoisotopic (exact) mass is 228 g/mol. The average molecular weight is 228 g/mol. The number of thioether (sulfide) groups is 1. The summed E-state index contributed by atoms with van der Waals surface area (Å²) in [7, 11) is 1.76. The Morgan fingerprint density at radius 3 is 3.07 bits per heavy atom. The summed E-state index contributed by atoms with van der Waals surface area (Å²) >= 11 is 1.45. The Morgan fingerprint density at radius 1 is 1.67 bits per heavy atom. The van der Waals surface area contributed by atoms with E-state index in [9.17, 15) is 4.79 Å². The Balaban J connectivity index is 2.27. The van der Waals surface area contributed by atoms with Gasteiger partial charge in [-0.1, -0.05) is 17.8 Å². The van der Waals surface area contributed by atoms with Crippen molar-refractivity contribution in [2.24, 2.45) is 7.05 Å². The molecule has 0 spiro atoms. The van der Waals surface area contributed by atoms with Crippen molar-refractivity contribution in [3.05, 3.63) is 12.2 Å². The van der Waals surface area contributed by atoms with E-state index in [1.807, 2.05) is 0 Å². The van der Waals surface area contributed by atoms with Gasteiger partial charge in [0.15, 0.2) is 0 Å². The van der Waals surface area contributed by atoms with E-state index in [1.165, 1.54) is 17.8 Å². The van der Waals surface area contributed by atoms with Crippen molar-refractivity contribution in [2.75, 3.05) is 12.4 Å². The molecule has 0 amide bonds. The van der Waals surface area contributed by atoms with Crippen LogP contribution in [0.15, 0.2) is 17.3 Å². The zero-order chi connectivity index (χ0) is 11.1. The molecule has 1 heterocycles. The van der Waals surface area contributed by atoms with Gasteiger partial charge in [-0.15, -0.1) is 5.10 Å². The maximum Gasteiger partial charge on any atom is 0.330 e. The Hall–Kier alpha value is -1.37. The highest BCUT2D eigenvalue weighted by molar-refractivity contribution is 7.99. The first-order chi connectivity index (χ1) is 7.24. The second-order valence-electron chi connectivity index (χ2n) is 2.55. The topological polar surface area (TPSA) is 69.9 Å². The maximum atomic E-state index is 10.9. The van der Waals surface area contributed by atoms with Crippen LogP contribution in [0.1, 0.15) is 6.92 Å². The first-order valence-electron chi connectivity index (χ1n) is 4.42.